The molecule has 1 aromatic heterocycles. The van der Waals surface area contributed by atoms with Crippen LogP contribution in [0.3, 0.4) is 0 Å². The monoisotopic (exact) mass is 437 g/mol. The summed E-state index contributed by atoms with van der Waals surface area (Å²) in [6, 6.07) is 5.80. The summed E-state index contributed by atoms with van der Waals surface area (Å²) in [6.07, 6.45) is 4.16. The number of benzene rings is 1. The lowest BCUT2D eigenvalue weighted by Gasteiger charge is -2.32. The molecule has 0 spiro atoms. The van der Waals surface area contributed by atoms with E-state index in [1.54, 1.807) is 6.20 Å². The number of pyridine rings is 1. The fraction of sp³-hybridized carbons (Fsp3) is 0.308. The number of hydrogen-bond donors (Lipinski definition) is 0. The number of fused-ring (bicyclic) bond motifs is 1. The highest BCUT2D eigenvalue weighted by Gasteiger charge is 2.29. The summed E-state index contributed by atoms with van der Waals surface area (Å²) in [6.45, 7) is 0. The highest BCUT2D eigenvalue weighted by atomic mass is 127. The van der Waals surface area contributed by atoms with Gasteiger partial charge in [0.1, 0.15) is 11.6 Å². The van der Waals surface area contributed by atoms with E-state index in [0.717, 1.165) is 38.1 Å². The van der Waals surface area contributed by atoms with E-state index < -0.39 is 0 Å². The van der Waals surface area contributed by atoms with Crippen LogP contribution in [0.1, 0.15) is 12.8 Å². The number of nitrogens with zero attached hydrogens (tertiary/aromatic N) is 1. The third-order valence-electron chi connectivity index (χ3n) is 3.07. The van der Waals surface area contributed by atoms with E-state index in [1.165, 1.54) is 0 Å². The minimum Gasteiger partial charge on any atom is -0.487 e. The summed E-state index contributed by atoms with van der Waals surface area (Å²) in [5, 5.41) is 1.67. The molecule has 3 rings (SSSR count). The molecule has 1 saturated carbocycles. The summed E-state index contributed by atoms with van der Waals surface area (Å²) < 4.78 is 7.08. The second-order valence-corrected chi connectivity index (χ2v) is 7.24. The molecule has 0 aliphatic heterocycles. The first kappa shape index (κ1) is 12.9. The van der Waals surface area contributed by atoms with Gasteiger partial charge in [-0.05, 0) is 53.6 Å². The Balaban J connectivity index is 2.04. The average molecular weight is 438 g/mol. The number of alkyl halides is 1. The van der Waals surface area contributed by atoms with Crippen LogP contribution >= 0.6 is 50.1 Å². The van der Waals surface area contributed by atoms with Gasteiger partial charge in [0.25, 0.3) is 0 Å². The zero-order chi connectivity index (χ0) is 12.7. The predicted molar refractivity (Wildman–Crippen MR) is 85.8 cm³/mol. The Morgan fingerprint density at radius 2 is 2.22 bits per heavy atom. The molecule has 0 unspecified atom stereocenters. The molecule has 5 heteroatoms. The van der Waals surface area contributed by atoms with Crippen molar-refractivity contribution in [2.45, 2.75) is 23.8 Å². The van der Waals surface area contributed by atoms with Crippen LogP contribution in [0.25, 0.3) is 10.9 Å². The van der Waals surface area contributed by atoms with Gasteiger partial charge in [-0.2, -0.15) is 0 Å². The SMILES string of the molecule is Clc1cc(I)c(OC2CC(Br)C2)c2ncccc12. The maximum atomic E-state index is 6.23. The fourth-order valence-corrected chi connectivity index (χ4v) is 4.00. The zero-order valence-electron chi connectivity index (χ0n) is 9.37. The van der Waals surface area contributed by atoms with E-state index in [2.05, 4.69) is 43.5 Å². The first-order valence-electron chi connectivity index (χ1n) is 5.68. The van der Waals surface area contributed by atoms with Crippen LogP contribution < -0.4 is 4.74 Å². The number of halogens is 3. The summed E-state index contributed by atoms with van der Waals surface area (Å²) in [7, 11) is 0. The molecule has 2 nitrogen and oxygen atoms in total. The lowest BCUT2D eigenvalue weighted by atomic mass is 9.96. The summed E-state index contributed by atoms with van der Waals surface area (Å²) in [5.74, 6) is 0.861. The standard InChI is InChI=1S/C13H10BrClINO/c14-7-4-8(5-7)18-13-11(16)6-10(15)9-2-1-3-17-12(9)13/h1-3,6-8H,4-5H2. The molecule has 2 aromatic rings. The van der Waals surface area contributed by atoms with Crippen molar-refractivity contribution in [3.05, 3.63) is 33.0 Å². The number of rotatable bonds is 2. The van der Waals surface area contributed by atoms with Gasteiger partial charge in [0.15, 0.2) is 5.75 Å². The Morgan fingerprint density at radius 1 is 1.44 bits per heavy atom. The van der Waals surface area contributed by atoms with Gasteiger partial charge in [-0.3, -0.25) is 4.98 Å². The van der Waals surface area contributed by atoms with Crippen LogP contribution in [0, 0.1) is 3.57 Å². The van der Waals surface area contributed by atoms with E-state index in [4.69, 9.17) is 16.3 Å². The molecule has 1 aromatic carbocycles. The molecule has 0 amide bonds. The normalized spacial score (nSPS) is 22.8. The van der Waals surface area contributed by atoms with Gasteiger partial charge in [0.2, 0.25) is 0 Å². The molecule has 0 saturated heterocycles. The topological polar surface area (TPSA) is 22.1 Å². The maximum absolute atomic E-state index is 6.23. The van der Waals surface area contributed by atoms with Crippen LogP contribution in [0.5, 0.6) is 5.75 Å². The summed E-state index contributed by atoms with van der Waals surface area (Å²) in [5.41, 5.74) is 0.854. The summed E-state index contributed by atoms with van der Waals surface area (Å²) in [4.78, 5) is 5.00. The minimum atomic E-state index is 0.286. The quantitative estimate of drug-likeness (QED) is 0.497. The number of hydrogen-bond acceptors (Lipinski definition) is 2. The van der Waals surface area contributed by atoms with Gasteiger partial charge in [0, 0.05) is 16.4 Å². The molecule has 1 heterocycles. The Kier molecular flexibility index (Phi) is 3.69. The second-order valence-electron chi connectivity index (χ2n) is 4.38. The predicted octanol–water partition coefficient (Wildman–Crippen LogP) is 4.80. The van der Waals surface area contributed by atoms with Crippen LogP contribution in [0.4, 0.5) is 0 Å². The van der Waals surface area contributed by atoms with Crippen molar-refractivity contribution in [2.24, 2.45) is 0 Å². The molecular weight excluding hydrogens is 428 g/mol. The van der Waals surface area contributed by atoms with E-state index in [1.807, 2.05) is 18.2 Å². The lowest BCUT2D eigenvalue weighted by molar-refractivity contribution is 0.129. The Morgan fingerprint density at radius 3 is 2.94 bits per heavy atom. The van der Waals surface area contributed by atoms with Crippen molar-refractivity contribution in [1.82, 2.24) is 4.98 Å². The molecule has 0 N–H and O–H groups in total. The third-order valence-corrected chi connectivity index (χ3v) is 4.93. The largest absolute Gasteiger partial charge is 0.487 e. The van der Waals surface area contributed by atoms with Crippen molar-refractivity contribution in [1.29, 1.82) is 0 Å². The van der Waals surface area contributed by atoms with Crippen LogP contribution in [-0.4, -0.2) is 15.9 Å². The average Bonchev–Trinajstić information content (AvgIpc) is 2.32. The molecule has 1 aliphatic carbocycles. The van der Waals surface area contributed by atoms with E-state index in [9.17, 15) is 0 Å². The summed E-state index contributed by atoms with van der Waals surface area (Å²) >= 11 is 12.1. The minimum absolute atomic E-state index is 0.286. The van der Waals surface area contributed by atoms with Crippen molar-refractivity contribution in [3.63, 3.8) is 0 Å². The van der Waals surface area contributed by atoms with Gasteiger partial charge < -0.3 is 4.74 Å². The fourth-order valence-electron chi connectivity index (χ4n) is 2.02. The zero-order valence-corrected chi connectivity index (χ0v) is 13.9. The maximum Gasteiger partial charge on any atom is 0.159 e. The van der Waals surface area contributed by atoms with Crippen LogP contribution in [0.15, 0.2) is 24.4 Å². The van der Waals surface area contributed by atoms with Crippen LogP contribution in [0.2, 0.25) is 5.02 Å². The van der Waals surface area contributed by atoms with Crippen molar-refractivity contribution in [2.75, 3.05) is 0 Å². The van der Waals surface area contributed by atoms with Gasteiger partial charge in [-0.25, -0.2) is 0 Å². The van der Waals surface area contributed by atoms with Crippen molar-refractivity contribution in [3.8, 4) is 5.75 Å². The highest BCUT2D eigenvalue weighted by molar-refractivity contribution is 14.1. The molecule has 94 valence electrons. The molecule has 0 atom stereocenters. The Hall–Kier alpha value is -0.0700. The third kappa shape index (κ3) is 2.34. The van der Waals surface area contributed by atoms with E-state index in [-0.39, 0.29) is 6.10 Å². The Labute approximate surface area is 132 Å². The van der Waals surface area contributed by atoms with Gasteiger partial charge in [-0.15, -0.1) is 0 Å². The smallest absolute Gasteiger partial charge is 0.159 e. The molecule has 1 aliphatic rings. The van der Waals surface area contributed by atoms with Gasteiger partial charge in [0.05, 0.1) is 8.59 Å². The molecular formula is C13H10BrClINO. The Bertz CT molecular complexity index is 601. The van der Waals surface area contributed by atoms with E-state index >= 15 is 0 Å². The lowest BCUT2D eigenvalue weighted by Crippen LogP contribution is -2.34. The number of ether oxygens (including phenoxy) is 1. The van der Waals surface area contributed by atoms with Crippen molar-refractivity contribution >= 4 is 61.0 Å². The first-order valence-corrected chi connectivity index (χ1v) is 8.06. The number of aromatic nitrogens is 1. The molecule has 18 heavy (non-hydrogen) atoms. The molecule has 0 radical (unpaired) electrons. The van der Waals surface area contributed by atoms with E-state index in [0.29, 0.717) is 4.83 Å². The first-order chi connectivity index (χ1) is 8.65. The van der Waals surface area contributed by atoms with Gasteiger partial charge >= 0.3 is 0 Å². The van der Waals surface area contributed by atoms with Crippen LogP contribution in [-0.2, 0) is 0 Å². The van der Waals surface area contributed by atoms with Crippen molar-refractivity contribution < 1.29 is 4.74 Å². The van der Waals surface area contributed by atoms with Gasteiger partial charge in [-0.1, -0.05) is 27.5 Å². The molecule has 0 bridgehead atoms. The second kappa shape index (κ2) is 5.13. The highest BCUT2D eigenvalue weighted by Crippen LogP contribution is 2.38. The molecule has 1 fully saturated rings.